The molecule has 0 atom stereocenters. The summed E-state index contributed by atoms with van der Waals surface area (Å²) >= 11 is 3.59. The fourth-order valence-corrected chi connectivity index (χ4v) is 2.60. The Morgan fingerprint density at radius 3 is 2.70 bits per heavy atom. The third-order valence-electron chi connectivity index (χ3n) is 3.24. The van der Waals surface area contributed by atoms with Crippen LogP contribution in [0.3, 0.4) is 0 Å². The first kappa shape index (κ1) is 17.5. The molecule has 0 aliphatic rings. The molecule has 1 aromatic carbocycles. The number of benzene rings is 1. The monoisotopic (exact) mass is 342 g/mol. The van der Waals surface area contributed by atoms with Gasteiger partial charge in [0.25, 0.3) is 0 Å². The molecule has 0 aliphatic heterocycles. The summed E-state index contributed by atoms with van der Waals surface area (Å²) in [6, 6.07) is 7.04. The largest absolute Gasteiger partial charge is 0.383 e. The lowest BCUT2D eigenvalue weighted by Crippen LogP contribution is -2.33. The number of anilines is 1. The number of rotatable bonds is 9. The van der Waals surface area contributed by atoms with Gasteiger partial charge in [0.15, 0.2) is 0 Å². The molecule has 0 aliphatic carbocycles. The summed E-state index contributed by atoms with van der Waals surface area (Å²) in [4.78, 5) is 2.47. The number of nitrogens with one attached hydrogen (secondary N) is 1. The van der Waals surface area contributed by atoms with Crippen molar-refractivity contribution in [2.75, 3.05) is 31.7 Å². The first-order valence-corrected chi connectivity index (χ1v) is 8.14. The molecule has 0 saturated carbocycles. The van der Waals surface area contributed by atoms with Crippen LogP contribution in [0.15, 0.2) is 22.7 Å². The Labute approximate surface area is 131 Å². The lowest BCUT2D eigenvalue weighted by Gasteiger charge is -2.31. The maximum atomic E-state index is 5.07. The van der Waals surface area contributed by atoms with Gasteiger partial charge in [-0.3, -0.25) is 0 Å². The van der Waals surface area contributed by atoms with E-state index in [1.54, 1.807) is 7.11 Å². The van der Waals surface area contributed by atoms with Gasteiger partial charge in [-0.15, -0.1) is 0 Å². The van der Waals surface area contributed by atoms with E-state index in [2.05, 4.69) is 65.1 Å². The van der Waals surface area contributed by atoms with E-state index in [4.69, 9.17) is 4.74 Å². The Kier molecular flexibility index (Phi) is 8.19. The van der Waals surface area contributed by atoms with E-state index in [0.29, 0.717) is 6.04 Å². The third kappa shape index (κ3) is 5.43. The molecular weight excluding hydrogens is 316 g/mol. The predicted molar refractivity (Wildman–Crippen MR) is 90.5 cm³/mol. The van der Waals surface area contributed by atoms with Crippen molar-refractivity contribution in [2.24, 2.45) is 0 Å². The van der Waals surface area contributed by atoms with E-state index in [1.807, 2.05) is 0 Å². The summed E-state index contributed by atoms with van der Waals surface area (Å²) in [5.41, 5.74) is 2.66. The smallest absolute Gasteiger partial charge is 0.0587 e. The molecule has 0 unspecified atom stereocenters. The molecule has 0 aromatic heterocycles. The summed E-state index contributed by atoms with van der Waals surface area (Å²) < 4.78 is 6.21. The second-order valence-electron chi connectivity index (χ2n) is 5.23. The summed E-state index contributed by atoms with van der Waals surface area (Å²) in [5, 5.41) is 3.43. The normalized spacial score (nSPS) is 11.1. The SMILES string of the molecule is CCCN(c1cc(Br)ccc1CNCCOC)C(C)C. The maximum Gasteiger partial charge on any atom is 0.0587 e. The number of halogens is 1. The van der Waals surface area contributed by atoms with Gasteiger partial charge in [-0.25, -0.2) is 0 Å². The van der Waals surface area contributed by atoms with Crippen LogP contribution in [0, 0.1) is 0 Å². The second-order valence-corrected chi connectivity index (χ2v) is 6.15. The number of ether oxygens (including phenoxy) is 1. The fraction of sp³-hybridized carbons (Fsp3) is 0.625. The van der Waals surface area contributed by atoms with E-state index in [0.717, 1.165) is 37.1 Å². The van der Waals surface area contributed by atoms with Gasteiger partial charge in [0.2, 0.25) is 0 Å². The van der Waals surface area contributed by atoms with Crippen LogP contribution in [-0.4, -0.2) is 32.8 Å². The third-order valence-corrected chi connectivity index (χ3v) is 3.74. The van der Waals surface area contributed by atoms with Gasteiger partial charge in [-0.1, -0.05) is 28.9 Å². The first-order chi connectivity index (χ1) is 9.60. The highest BCUT2D eigenvalue weighted by atomic mass is 79.9. The van der Waals surface area contributed by atoms with Gasteiger partial charge in [0.1, 0.15) is 0 Å². The highest BCUT2D eigenvalue weighted by Crippen LogP contribution is 2.27. The van der Waals surface area contributed by atoms with E-state index in [1.165, 1.54) is 11.3 Å². The lowest BCUT2D eigenvalue weighted by atomic mass is 10.1. The molecule has 0 saturated heterocycles. The molecule has 3 nitrogen and oxygen atoms in total. The Morgan fingerprint density at radius 1 is 1.35 bits per heavy atom. The Balaban J connectivity index is 2.87. The summed E-state index contributed by atoms with van der Waals surface area (Å²) in [6.45, 7) is 10.3. The summed E-state index contributed by atoms with van der Waals surface area (Å²) in [5.74, 6) is 0. The zero-order valence-corrected chi connectivity index (χ0v) is 14.7. The van der Waals surface area contributed by atoms with Crippen LogP contribution in [-0.2, 0) is 11.3 Å². The van der Waals surface area contributed by atoms with Crippen LogP contribution in [0.4, 0.5) is 5.69 Å². The van der Waals surface area contributed by atoms with E-state index in [-0.39, 0.29) is 0 Å². The zero-order valence-electron chi connectivity index (χ0n) is 13.1. The molecule has 0 radical (unpaired) electrons. The van der Waals surface area contributed by atoms with E-state index >= 15 is 0 Å². The number of hydrogen-bond donors (Lipinski definition) is 1. The average Bonchev–Trinajstić information content (AvgIpc) is 2.42. The maximum absolute atomic E-state index is 5.07. The van der Waals surface area contributed by atoms with Crippen molar-refractivity contribution >= 4 is 21.6 Å². The summed E-state index contributed by atoms with van der Waals surface area (Å²) in [7, 11) is 1.73. The van der Waals surface area contributed by atoms with Gasteiger partial charge in [-0.2, -0.15) is 0 Å². The highest BCUT2D eigenvalue weighted by Gasteiger charge is 2.14. The Morgan fingerprint density at radius 2 is 2.10 bits per heavy atom. The quantitative estimate of drug-likeness (QED) is 0.690. The molecule has 20 heavy (non-hydrogen) atoms. The molecule has 1 aromatic rings. The minimum atomic E-state index is 0.502. The summed E-state index contributed by atoms with van der Waals surface area (Å²) in [6.07, 6.45) is 1.15. The molecule has 0 fully saturated rings. The number of hydrogen-bond acceptors (Lipinski definition) is 3. The topological polar surface area (TPSA) is 24.5 Å². The van der Waals surface area contributed by atoms with E-state index in [9.17, 15) is 0 Å². The number of methoxy groups -OCH3 is 1. The molecule has 0 spiro atoms. The van der Waals surface area contributed by atoms with Crippen molar-refractivity contribution < 1.29 is 4.74 Å². The van der Waals surface area contributed by atoms with Crippen molar-refractivity contribution in [3.8, 4) is 0 Å². The standard InChI is InChI=1S/C16H27BrN2O/c1-5-9-19(13(2)3)16-11-15(17)7-6-14(16)12-18-8-10-20-4/h6-7,11,13,18H,5,8-10,12H2,1-4H3. The molecule has 114 valence electrons. The number of nitrogens with zero attached hydrogens (tertiary/aromatic N) is 1. The van der Waals surface area contributed by atoms with Crippen LogP contribution in [0.5, 0.6) is 0 Å². The minimum Gasteiger partial charge on any atom is -0.383 e. The predicted octanol–water partition coefficient (Wildman–Crippen LogP) is 3.81. The fourth-order valence-electron chi connectivity index (χ4n) is 2.25. The van der Waals surface area contributed by atoms with Crippen molar-refractivity contribution in [2.45, 2.75) is 39.8 Å². The lowest BCUT2D eigenvalue weighted by molar-refractivity contribution is 0.199. The molecule has 0 heterocycles. The van der Waals surface area contributed by atoms with Gasteiger partial charge in [-0.05, 0) is 38.0 Å². The van der Waals surface area contributed by atoms with E-state index < -0.39 is 0 Å². The highest BCUT2D eigenvalue weighted by molar-refractivity contribution is 9.10. The Hall–Kier alpha value is -0.580. The van der Waals surface area contributed by atoms with Crippen LogP contribution in [0.25, 0.3) is 0 Å². The molecule has 0 bridgehead atoms. The van der Waals surface area contributed by atoms with Gasteiger partial charge in [0, 0.05) is 42.9 Å². The molecule has 0 amide bonds. The van der Waals surface area contributed by atoms with Crippen LogP contribution >= 0.6 is 15.9 Å². The van der Waals surface area contributed by atoms with Crippen molar-refractivity contribution in [3.05, 3.63) is 28.2 Å². The van der Waals surface area contributed by atoms with Gasteiger partial charge in [0.05, 0.1) is 6.61 Å². The van der Waals surface area contributed by atoms with Gasteiger partial charge >= 0.3 is 0 Å². The average molecular weight is 343 g/mol. The molecule has 4 heteroatoms. The first-order valence-electron chi connectivity index (χ1n) is 7.34. The van der Waals surface area contributed by atoms with Crippen molar-refractivity contribution in [1.82, 2.24) is 5.32 Å². The Bertz CT molecular complexity index is 396. The van der Waals surface area contributed by atoms with Crippen LogP contribution in [0.2, 0.25) is 0 Å². The minimum absolute atomic E-state index is 0.502. The molecular formula is C16H27BrN2O. The zero-order chi connectivity index (χ0) is 15.0. The van der Waals surface area contributed by atoms with Crippen molar-refractivity contribution in [3.63, 3.8) is 0 Å². The van der Waals surface area contributed by atoms with Crippen molar-refractivity contribution in [1.29, 1.82) is 0 Å². The molecule has 1 N–H and O–H groups in total. The van der Waals surface area contributed by atoms with Crippen LogP contribution < -0.4 is 10.2 Å². The molecule has 1 rings (SSSR count). The second kappa shape index (κ2) is 9.37. The van der Waals surface area contributed by atoms with Gasteiger partial charge < -0.3 is 15.0 Å². The van der Waals surface area contributed by atoms with Crippen LogP contribution in [0.1, 0.15) is 32.8 Å².